The highest BCUT2D eigenvalue weighted by Gasteiger charge is 2.30. The fourth-order valence-corrected chi connectivity index (χ4v) is 2.72. The zero-order valence-electron chi connectivity index (χ0n) is 11.8. The number of fused-ring (bicyclic) bond motifs is 1. The van der Waals surface area contributed by atoms with Crippen LogP contribution in [0.3, 0.4) is 0 Å². The molecule has 0 aromatic heterocycles. The van der Waals surface area contributed by atoms with Crippen LogP contribution in [0.15, 0.2) is 36.4 Å². The maximum atomic E-state index is 13.5. The number of carboxylic acid groups (broad SMARTS) is 1. The van der Waals surface area contributed by atoms with Gasteiger partial charge in [0.1, 0.15) is 17.2 Å². The van der Waals surface area contributed by atoms with Gasteiger partial charge in [-0.3, -0.25) is 0 Å². The van der Waals surface area contributed by atoms with Crippen molar-refractivity contribution in [1.82, 2.24) is 0 Å². The summed E-state index contributed by atoms with van der Waals surface area (Å²) in [7, 11) is 0. The van der Waals surface area contributed by atoms with Gasteiger partial charge in [0.05, 0.1) is 5.56 Å². The average molecular weight is 286 g/mol. The molecule has 0 unspecified atom stereocenters. The third-order valence-corrected chi connectivity index (χ3v) is 3.59. The fourth-order valence-electron chi connectivity index (χ4n) is 2.72. The Labute approximate surface area is 122 Å². The molecule has 0 spiro atoms. The first-order valence-electron chi connectivity index (χ1n) is 6.71. The summed E-state index contributed by atoms with van der Waals surface area (Å²) in [6, 6.07) is 9.17. The SMILES string of the molecule is CC1(C)Cc2cc(-c3cc(F)ccc3C(=O)O)ccc2O1. The second kappa shape index (κ2) is 4.58. The van der Waals surface area contributed by atoms with Gasteiger partial charge in [-0.2, -0.15) is 0 Å². The van der Waals surface area contributed by atoms with Gasteiger partial charge in [-0.25, -0.2) is 9.18 Å². The molecule has 0 saturated carbocycles. The number of halogens is 1. The van der Waals surface area contributed by atoms with E-state index < -0.39 is 11.8 Å². The van der Waals surface area contributed by atoms with Crippen LogP contribution in [0.5, 0.6) is 5.75 Å². The normalized spacial score (nSPS) is 15.4. The summed E-state index contributed by atoms with van der Waals surface area (Å²) in [6.07, 6.45) is 0.744. The molecule has 0 atom stereocenters. The van der Waals surface area contributed by atoms with Gasteiger partial charge in [-0.15, -0.1) is 0 Å². The monoisotopic (exact) mass is 286 g/mol. The lowest BCUT2D eigenvalue weighted by Gasteiger charge is -2.16. The van der Waals surface area contributed by atoms with Crippen LogP contribution in [-0.4, -0.2) is 16.7 Å². The number of ether oxygens (including phenoxy) is 1. The van der Waals surface area contributed by atoms with Gasteiger partial charge < -0.3 is 9.84 Å². The number of hydrogen-bond donors (Lipinski definition) is 1. The molecule has 0 fully saturated rings. The van der Waals surface area contributed by atoms with Crippen molar-refractivity contribution in [3.63, 3.8) is 0 Å². The summed E-state index contributed by atoms with van der Waals surface area (Å²) in [5, 5.41) is 9.25. The Morgan fingerprint density at radius 3 is 2.71 bits per heavy atom. The van der Waals surface area contributed by atoms with E-state index in [2.05, 4.69) is 0 Å². The van der Waals surface area contributed by atoms with Crippen LogP contribution in [0.25, 0.3) is 11.1 Å². The molecule has 21 heavy (non-hydrogen) atoms. The first-order valence-corrected chi connectivity index (χ1v) is 6.71. The van der Waals surface area contributed by atoms with Crippen LogP contribution >= 0.6 is 0 Å². The summed E-state index contributed by atoms with van der Waals surface area (Å²) >= 11 is 0. The highest BCUT2D eigenvalue weighted by molar-refractivity contribution is 5.96. The van der Waals surface area contributed by atoms with E-state index in [0.717, 1.165) is 23.8 Å². The zero-order chi connectivity index (χ0) is 15.2. The molecule has 4 heteroatoms. The molecule has 1 heterocycles. The Morgan fingerprint density at radius 2 is 2.00 bits per heavy atom. The Hall–Kier alpha value is -2.36. The van der Waals surface area contributed by atoms with Crippen LogP contribution in [0, 0.1) is 5.82 Å². The van der Waals surface area contributed by atoms with Crippen LogP contribution < -0.4 is 4.74 Å². The van der Waals surface area contributed by atoms with Crippen molar-refractivity contribution in [2.24, 2.45) is 0 Å². The van der Waals surface area contributed by atoms with E-state index in [0.29, 0.717) is 11.1 Å². The number of rotatable bonds is 2. The molecule has 108 valence electrons. The van der Waals surface area contributed by atoms with Crippen molar-refractivity contribution in [2.75, 3.05) is 0 Å². The van der Waals surface area contributed by atoms with Gasteiger partial charge in [0, 0.05) is 6.42 Å². The molecule has 3 nitrogen and oxygen atoms in total. The molecule has 2 aromatic rings. The molecule has 0 amide bonds. The Kier molecular flexibility index (Phi) is 2.97. The molecule has 3 rings (SSSR count). The number of benzene rings is 2. The molecule has 1 aliphatic rings. The molecule has 0 aliphatic carbocycles. The lowest BCUT2D eigenvalue weighted by Crippen LogP contribution is -2.24. The molecule has 2 aromatic carbocycles. The summed E-state index contributed by atoms with van der Waals surface area (Å²) in [5.74, 6) is -0.716. The molecule has 0 radical (unpaired) electrons. The highest BCUT2D eigenvalue weighted by Crippen LogP contribution is 2.38. The quantitative estimate of drug-likeness (QED) is 0.910. The van der Waals surface area contributed by atoms with Gasteiger partial charge in [0.2, 0.25) is 0 Å². The van der Waals surface area contributed by atoms with E-state index in [1.165, 1.54) is 12.1 Å². The van der Waals surface area contributed by atoms with Crippen LogP contribution in [0.4, 0.5) is 4.39 Å². The van der Waals surface area contributed by atoms with Gasteiger partial charge in [0.25, 0.3) is 0 Å². The predicted molar refractivity (Wildman–Crippen MR) is 77.2 cm³/mol. The zero-order valence-corrected chi connectivity index (χ0v) is 11.8. The Morgan fingerprint density at radius 1 is 1.24 bits per heavy atom. The summed E-state index contributed by atoms with van der Waals surface area (Å²) in [5.41, 5.74) is 1.91. The third-order valence-electron chi connectivity index (χ3n) is 3.59. The summed E-state index contributed by atoms with van der Waals surface area (Å²) in [6.45, 7) is 4.00. The second-order valence-electron chi connectivity index (χ2n) is 5.86. The molecule has 0 bridgehead atoms. The van der Waals surface area contributed by atoms with Crippen molar-refractivity contribution < 1.29 is 19.0 Å². The lowest BCUT2D eigenvalue weighted by atomic mass is 9.95. The van der Waals surface area contributed by atoms with Gasteiger partial charge in [-0.05, 0) is 60.9 Å². The van der Waals surface area contributed by atoms with Gasteiger partial charge >= 0.3 is 5.97 Å². The number of aromatic carboxylic acids is 1. The Balaban J connectivity index is 2.11. The molecular weight excluding hydrogens is 271 g/mol. The van der Waals surface area contributed by atoms with Crippen molar-refractivity contribution in [2.45, 2.75) is 25.9 Å². The van der Waals surface area contributed by atoms with Crippen LogP contribution in [0.2, 0.25) is 0 Å². The average Bonchev–Trinajstić information content (AvgIpc) is 2.70. The number of hydrogen-bond acceptors (Lipinski definition) is 2. The summed E-state index contributed by atoms with van der Waals surface area (Å²) < 4.78 is 19.3. The molecule has 1 aliphatic heterocycles. The molecular formula is C17H15FO3. The lowest BCUT2D eigenvalue weighted by molar-refractivity contribution is 0.0697. The highest BCUT2D eigenvalue weighted by atomic mass is 19.1. The van der Waals surface area contributed by atoms with Crippen LogP contribution in [-0.2, 0) is 6.42 Å². The number of carbonyl (C=O) groups is 1. The minimum atomic E-state index is -1.07. The minimum absolute atomic E-state index is 0.0922. The van der Waals surface area contributed by atoms with Crippen molar-refractivity contribution >= 4 is 5.97 Å². The predicted octanol–water partition coefficient (Wildman–Crippen LogP) is 3.90. The molecule has 1 N–H and O–H groups in total. The topological polar surface area (TPSA) is 46.5 Å². The fraction of sp³-hybridized carbons (Fsp3) is 0.235. The smallest absolute Gasteiger partial charge is 0.336 e. The third kappa shape index (κ3) is 2.49. The van der Waals surface area contributed by atoms with Gasteiger partial charge in [0.15, 0.2) is 0 Å². The Bertz CT molecular complexity index is 735. The second-order valence-corrected chi connectivity index (χ2v) is 5.86. The van der Waals surface area contributed by atoms with E-state index >= 15 is 0 Å². The molecule has 0 saturated heterocycles. The van der Waals surface area contributed by atoms with E-state index in [1.807, 2.05) is 26.0 Å². The van der Waals surface area contributed by atoms with Gasteiger partial charge in [-0.1, -0.05) is 6.07 Å². The van der Waals surface area contributed by atoms with Crippen molar-refractivity contribution in [1.29, 1.82) is 0 Å². The minimum Gasteiger partial charge on any atom is -0.487 e. The standard InChI is InChI=1S/C17H15FO3/c1-17(2)9-11-7-10(3-6-15(11)21-17)14-8-12(18)4-5-13(14)16(19)20/h3-8H,9H2,1-2H3,(H,19,20). The largest absolute Gasteiger partial charge is 0.487 e. The summed E-state index contributed by atoms with van der Waals surface area (Å²) in [4.78, 5) is 11.3. The van der Waals surface area contributed by atoms with E-state index in [9.17, 15) is 14.3 Å². The van der Waals surface area contributed by atoms with Crippen LogP contribution in [0.1, 0.15) is 29.8 Å². The number of carboxylic acids is 1. The first kappa shape index (κ1) is 13.6. The van der Waals surface area contributed by atoms with E-state index in [-0.39, 0.29) is 11.2 Å². The van der Waals surface area contributed by atoms with E-state index in [1.54, 1.807) is 6.07 Å². The maximum Gasteiger partial charge on any atom is 0.336 e. The van der Waals surface area contributed by atoms with E-state index in [4.69, 9.17) is 4.74 Å². The van der Waals surface area contributed by atoms with Crippen molar-refractivity contribution in [3.8, 4) is 16.9 Å². The first-order chi connectivity index (χ1) is 9.85. The van der Waals surface area contributed by atoms with Crippen molar-refractivity contribution in [3.05, 3.63) is 53.3 Å². The maximum absolute atomic E-state index is 13.5.